The number of nitrogen functional groups attached to an aromatic ring is 2. The van der Waals surface area contributed by atoms with Crippen molar-refractivity contribution in [2.75, 3.05) is 11.5 Å². The Bertz CT molecular complexity index is 816. The first kappa shape index (κ1) is 22.1. The number of hydrogen-bond acceptors (Lipinski definition) is 6. The third kappa shape index (κ3) is 7.48. The van der Waals surface area contributed by atoms with Crippen LogP contribution in [0.1, 0.15) is 5.56 Å². The predicted octanol–water partition coefficient (Wildman–Crippen LogP) is 2.91. The van der Waals surface area contributed by atoms with E-state index in [0.29, 0.717) is 5.56 Å². The second-order valence-corrected chi connectivity index (χ2v) is 5.20. The largest absolute Gasteiger partial charge is 0.418 e. The van der Waals surface area contributed by atoms with Crippen molar-refractivity contribution in [1.82, 2.24) is 0 Å². The van der Waals surface area contributed by atoms with E-state index in [0.717, 1.165) is 11.6 Å². The molecular formula is C13H13F3N4O4S. The van der Waals surface area contributed by atoms with Crippen molar-refractivity contribution in [3.63, 3.8) is 0 Å². The summed E-state index contributed by atoms with van der Waals surface area (Å²) in [5, 5.41) is 12.0. The van der Waals surface area contributed by atoms with Gasteiger partial charge < -0.3 is 11.5 Å². The molecule has 0 aliphatic carbocycles. The number of alkyl halides is 3. The molecule has 2 rings (SSSR count). The lowest BCUT2D eigenvalue weighted by atomic mass is 10.00. The van der Waals surface area contributed by atoms with Crippen molar-refractivity contribution in [2.45, 2.75) is 6.18 Å². The molecule has 0 saturated heterocycles. The van der Waals surface area contributed by atoms with Gasteiger partial charge in [-0.3, -0.25) is 9.11 Å². The predicted molar refractivity (Wildman–Crippen MR) is 83.3 cm³/mol. The van der Waals surface area contributed by atoms with Crippen LogP contribution < -0.4 is 11.5 Å². The Kier molecular flexibility index (Phi) is 7.81. The first-order valence-corrected chi connectivity index (χ1v) is 7.51. The van der Waals surface area contributed by atoms with Gasteiger partial charge in [0.25, 0.3) is 0 Å². The lowest BCUT2D eigenvalue weighted by molar-refractivity contribution is -0.136. The second-order valence-electron chi connectivity index (χ2n) is 4.30. The van der Waals surface area contributed by atoms with Crippen LogP contribution in [0.4, 0.5) is 24.5 Å². The molecule has 12 heteroatoms. The van der Waals surface area contributed by atoms with E-state index >= 15 is 0 Å². The third-order valence-corrected chi connectivity index (χ3v) is 2.68. The highest BCUT2D eigenvalue weighted by Crippen LogP contribution is 2.40. The van der Waals surface area contributed by atoms with Gasteiger partial charge in [0.15, 0.2) is 0 Å². The summed E-state index contributed by atoms with van der Waals surface area (Å²) in [6.45, 7) is 0. The molecule has 0 atom stereocenters. The van der Waals surface area contributed by atoms with E-state index in [1.165, 1.54) is 6.07 Å². The zero-order chi connectivity index (χ0) is 19.8. The molecule has 0 bridgehead atoms. The van der Waals surface area contributed by atoms with Crippen LogP contribution in [0.2, 0.25) is 0 Å². The summed E-state index contributed by atoms with van der Waals surface area (Å²) in [6, 6.07) is 11.2. The number of hydrogen-bond donors (Lipinski definition) is 4. The van der Waals surface area contributed by atoms with Crippen LogP contribution in [0.15, 0.2) is 42.5 Å². The Balaban J connectivity index is 0.000000710. The van der Waals surface area contributed by atoms with Gasteiger partial charge in [0.1, 0.15) is 0 Å². The number of benzene rings is 2. The molecule has 0 aliphatic heterocycles. The lowest BCUT2D eigenvalue weighted by Crippen LogP contribution is -2.11. The number of anilines is 2. The molecule has 8 nitrogen and oxygen atoms in total. The minimum atomic E-state index is -4.67. The molecule has 0 spiro atoms. The number of rotatable bonds is 1. The first-order chi connectivity index (χ1) is 11.4. The van der Waals surface area contributed by atoms with Crippen molar-refractivity contribution < 1.29 is 30.7 Å². The van der Waals surface area contributed by atoms with Crippen molar-refractivity contribution >= 4 is 21.8 Å². The van der Waals surface area contributed by atoms with Gasteiger partial charge in [-0.1, -0.05) is 36.4 Å². The van der Waals surface area contributed by atoms with E-state index in [-0.39, 0.29) is 5.69 Å². The van der Waals surface area contributed by atoms with E-state index < -0.39 is 27.8 Å². The highest BCUT2D eigenvalue weighted by Gasteiger charge is 2.34. The topological polar surface area (TPSA) is 174 Å². The lowest BCUT2D eigenvalue weighted by Gasteiger charge is -2.15. The monoisotopic (exact) mass is 378 g/mol. The Morgan fingerprint density at radius 1 is 0.880 bits per heavy atom. The molecule has 0 amide bonds. The summed E-state index contributed by atoms with van der Waals surface area (Å²) in [5.41, 5.74) is 11.0. The number of nitrogens with zero attached hydrogens (tertiary/aromatic N) is 2. The van der Waals surface area contributed by atoms with Gasteiger partial charge in [0, 0.05) is 16.3 Å². The highest BCUT2D eigenvalue weighted by molar-refractivity contribution is 7.79. The minimum Gasteiger partial charge on any atom is -0.397 e. The summed E-state index contributed by atoms with van der Waals surface area (Å²) in [4.78, 5) is 0. The van der Waals surface area contributed by atoms with E-state index in [2.05, 4.69) is 0 Å². The fourth-order valence-corrected chi connectivity index (χ4v) is 1.75. The summed E-state index contributed by atoms with van der Waals surface area (Å²) in [7, 11) is -4.67. The standard InChI is InChI=1S/C13H11F3N2.N2.H2O4S/c14-13(15,16)10-7-6-9(11(17)12(10)18)8-4-2-1-3-5-8;1-2;1-5(2,3)4/h1-7H,17-18H2;;(H2,1,2,3,4). The molecule has 0 saturated carbocycles. The molecule has 25 heavy (non-hydrogen) atoms. The Morgan fingerprint density at radius 2 is 1.32 bits per heavy atom. The molecule has 0 heterocycles. The summed E-state index contributed by atoms with van der Waals surface area (Å²) in [6.07, 6.45) is -4.49. The molecular weight excluding hydrogens is 365 g/mol. The summed E-state index contributed by atoms with van der Waals surface area (Å²) < 4.78 is 69.5. The molecule has 0 aromatic heterocycles. The van der Waals surface area contributed by atoms with Crippen molar-refractivity contribution in [1.29, 1.82) is 10.8 Å². The Hall–Kier alpha value is -2.88. The zero-order valence-electron chi connectivity index (χ0n) is 12.3. The average Bonchev–Trinajstić information content (AvgIpc) is 2.50. The van der Waals surface area contributed by atoms with Crippen LogP contribution in [-0.4, -0.2) is 17.5 Å². The number of nitrogens with two attached hydrogens (primary N) is 2. The van der Waals surface area contributed by atoms with E-state index in [9.17, 15) is 13.2 Å². The molecule has 0 aliphatic rings. The fraction of sp³-hybridized carbons (Fsp3) is 0.0769. The molecule has 0 fully saturated rings. The summed E-state index contributed by atoms with van der Waals surface area (Å²) >= 11 is 0. The van der Waals surface area contributed by atoms with Crippen LogP contribution >= 0.6 is 0 Å². The maximum Gasteiger partial charge on any atom is 0.418 e. The van der Waals surface area contributed by atoms with Gasteiger partial charge in [-0.05, 0) is 11.6 Å². The van der Waals surface area contributed by atoms with E-state index in [1.807, 2.05) is 6.07 Å². The van der Waals surface area contributed by atoms with Gasteiger partial charge in [0.05, 0.1) is 16.9 Å². The molecule has 6 N–H and O–H groups in total. The highest BCUT2D eigenvalue weighted by atomic mass is 32.3. The van der Waals surface area contributed by atoms with Crippen LogP contribution in [0, 0.1) is 10.8 Å². The van der Waals surface area contributed by atoms with Crippen LogP contribution in [-0.2, 0) is 16.6 Å². The van der Waals surface area contributed by atoms with Crippen LogP contribution in [0.5, 0.6) is 0 Å². The van der Waals surface area contributed by atoms with Gasteiger partial charge in [-0.2, -0.15) is 21.6 Å². The quantitative estimate of drug-likeness (QED) is 0.333. The van der Waals surface area contributed by atoms with Crippen molar-refractivity contribution in [3.8, 4) is 11.1 Å². The SMILES string of the molecule is N#N.Nc1c(-c2ccccc2)ccc(C(F)(F)F)c1N.O=S(=O)(O)O. The van der Waals surface area contributed by atoms with E-state index in [1.54, 1.807) is 24.3 Å². The fourth-order valence-electron chi connectivity index (χ4n) is 1.75. The molecule has 0 unspecified atom stereocenters. The van der Waals surface area contributed by atoms with Crippen LogP contribution in [0.3, 0.4) is 0 Å². The molecule has 136 valence electrons. The van der Waals surface area contributed by atoms with Gasteiger partial charge in [0.2, 0.25) is 0 Å². The smallest absolute Gasteiger partial charge is 0.397 e. The molecule has 2 aromatic rings. The van der Waals surface area contributed by atoms with Crippen LogP contribution in [0.25, 0.3) is 11.1 Å². The van der Waals surface area contributed by atoms with E-state index in [4.69, 9.17) is 39.8 Å². The van der Waals surface area contributed by atoms with Gasteiger partial charge in [-0.25, -0.2) is 0 Å². The second kappa shape index (κ2) is 8.83. The number of halogens is 3. The normalized spacial score (nSPS) is 10.7. The average molecular weight is 378 g/mol. The molecule has 2 aromatic carbocycles. The molecule has 0 radical (unpaired) electrons. The first-order valence-electron chi connectivity index (χ1n) is 6.11. The van der Waals surface area contributed by atoms with Gasteiger partial charge >= 0.3 is 16.6 Å². The maximum absolute atomic E-state index is 12.6. The van der Waals surface area contributed by atoms with Gasteiger partial charge in [-0.15, -0.1) is 0 Å². The summed E-state index contributed by atoms with van der Waals surface area (Å²) in [5.74, 6) is 0. The minimum absolute atomic E-state index is 0.0453. The maximum atomic E-state index is 12.6. The zero-order valence-corrected chi connectivity index (χ0v) is 13.2. The van der Waals surface area contributed by atoms with Crippen molar-refractivity contribution in [3.05, 3.63) is 48.0 Å². The van der Waals surface area contributed by atoms with Crippen molar-refractivity contribution in [2.24, 2.45) is 0 Å². The Morgan fingerprint density at radius 3 is 1.72 bits per heavy atom. The Labute approximate surface area is 140 Å². The third-order valence-electron chi connectivity index (χ3n) is 2.68.